The average molecular weight is 302 g/mol. The van der Waals surface area contributed by atoms with Crippen LogP contribution in [-0.2, 0) is 14.3 Å². The maximum absolute atomic E-state index is 11.9. The number of hydrogen-bond donors (Lipinski definition) is 0. The lowest BCUT2D eigenvalue weighted by Crippen LogP contribution is -2.05. The number of hydrogen-bond acceptors (Lipinski definition) is 6. The number of benzene rings is 1. The molecule has 6 heteroatoms. The zero-order valence-corrected chi connectivity index (χ0v) is 12.1. The van der Waals surface area contributed by atoms with Crippen LogP contribution in [-0.4, -0.2) is 25.7 Å². The van der Waals surface area contributed by atoms with Crippen LogP contribution in [0.3, 0.4) is 0 Å². The number of rotatable bonds is 4. The largest absolute Gasteiger partial charge is 0.465 e. The Morgan fingerprint density at radius 2 is 2.05 bits per heavy atom. The third-order valence-electron chi connectivity index (χ3n) is 2.87. The Hall–Kier alpha value is -2.89. The molecule has 0 saturated carbocycles. The number of methoxy groups -OCH3 is 1. The first-order chi connectivity index (χ1) is 10.5. The van der Waals surface area contributed by atoms with E-state index in [-0.39, 0.29) is 23.3 Å². The fourth-order valence-electron chi connectivity index (χ4n) is 1.84. The van der Waals surface area contributed by atoms with Crippen molar-refractivity contribution in [1.82, 2.24) is 0 Å². The van der Waals surface area contributed by atoms with Crippen molar-refractivity contribution in [2.45, 2.75) is 6.92 Å². The van der Waals surface area contributed by atoms with Gasteiger partial charge in [0.15, 0.2) is 0 Å². The van der Waals surface area contributed by atoms with Gasteiger partial charge in [0, 0.05) is 11.5 Å². The highest BCUT2D eigenvalue weighted by Gasteiger charge is 2.09. The molecule has 0 N–H and O–H groups in total. The Kier molecular flexibility index (Phi) is 4.73. The fraction of sp³-hybridized carbons (Fsp3) is 0.188. The molecule has 0 radical (unpaired) electrons. The van der Waals surface area contributed by atoms with Gasteiger partial charge in [-0.15, -0.1) is 0 Å². The van der Waals surface area contributed by atoms with Gasteiger partial charge < -0.3 is 13.9 Å². The minimum absolute atomic E-state index is 0.214. The van der Waals surface area contributed by atoms with Crippen molar-refractivity contribution in [3.05, 3.63) is 51.9 Å². The summed E-state index contributed by atoms with van der Waals surface area (Å²) in [6.45, 7) is 1.95. The molecule has 0 atom stereocenters. The van der Waals surface area contributed by atoms with Crippen LogP contribution in [0.15, 0.2) is 39.6 Å². The Balaban J connectivity index is 2.40. The minimum atomic E-state index is -0.616. The topological polar surface area (TPSA) is 82.8 Å². The standard InChI is InChI=1S/C16H14O6/c1-3-21-14(17)7-6-11-8-10-4-5-12(15(18)20-2)9-13(10)22-16(11)19/h4-9H,3H2,1-2H3/b7-6+. The van der Waals surface area contributed by atoms with E-state index < -0.39 is 17.6 Å². The summed E-state index contributed by atoms with van der Waals surface area (Å²) in [5.41, 5.74) is 0.149. The van der Waals surface area contributed by atoms with Gasteiger partial charge in [0.25, 0.3) is 0 Å². The highest BCUT2D eigenvalue weighted by atomic mass is 16.5. The molecule has 0 spiro atoms. The maximum Gasteiger partial charge on any atom is 0.343 e. The van der Waals surface area contributed by atoms with Gasteiger partial charge in [-0.25, -0.2) is 14.4 Å². The van der Waals surface area contributed by atoms with E-state index >= 15 is 0 Å². The molecule has 2 rings (SSSR count). The molecule has 0 unspecified atom stereocenters. The lowest BCUT2D eigenvalue weighted by Gasteiger charge is -2.02. The lowest BCUT2D eigenvalue weighted by atomic mass is 10.1. The summed E-state index contributed by atoms with van der Waals surface area (Å²) in [6.07, 6.45) is 2.49. The molecular formula is C16H14O6. The van der Waals surface area contributed by atoms with Gasteiger partial charge in [-0.1, -0.05) is 6.07 Å². The number of carbonyl (C=O) groups excluding carboxylic acids is 2. The Labute approximate surface area is 125 Å². The van der Waals surface area contributed by atoms with E-state index in [1.165, 1.54) is 19.3 Å². The molecule has 2 aromatic rings. The quantitative estimate of drug-likeness (QED) is 0.489. The average Bonchev–Trinajstić information content (AvgIpc) is 2.51. The van der Waals surface area contributed by atoms with Gasteiger partial charge in [0.05, 0.1) is 24.8 Å². The van der Waals surface area contributed by atoms with Gasteiger partial charge in [-0.3, -0.25) is 0 Å². The lowest BCUT2D eigenvalue weighted by molar-refractivity contribution is -0.137. The van der Waals surface area contributed by atoms with Crippen molar-refractivity contribution in [3.8, 4) is 0 Å². The zero-order chi connectivity index (χ0) is 16.1. The third-order valence-corrected chi connectivity index (χ3v) is 2.87. The summed E-state index contributed by atoms with van der Waals surface area (Å²) in [5.74, 6) is -1.06. The summed E-state index contributed by atoms with van der Waals surface area (Å²) >= 11 is 0. The number of esters is 2. The second-order valence-corrected chi connectivity index (χ2v) is 4.32. The van der Waals surface area contributed by atoms with Crippen LogP contribution in [0.25, 0.3) is 17.0 Å². The number of carbonyl (C=O) groups is 2. The van der Waals surface area contributed by atoms with Crippen LogP contribution in [0, 0.1) is 0 Å². The first-order valence-electron chi connectivity index (χ1n) is 6.56. The molecule has 0 saturated heterocycles. The molecule has 0 aliphatic carbocycles. The van der Waals surface area contributed by atoms with Gasteiger partial charge in [-0.05, 0) is 31.2 Å². The molecule has 1 aromatic carbocycles. The van der Waals surface area contributed by atoms with Crippen LogP contribution in [0.4, 0.5) is 0 Å². The number of fused-ring (bicyclic) bond motifs is 1. The first-order valence-corrected chi connectivity index (χ1v) is 6.56. The minimum Gasteiger partial charge on any atom is -0.465 e. The SMILES string of the molecule is CCOC(=O)/C=C/c1cc2ccc(C(=O)OC)cc2oc1=O. The zero-order valence-electron chi connectivity index (χ0n) is 12.1. The van der Waals surface area contributed by atoms with Crippen molar-refractivity contribution in [3.63, 3.8) is 0 Å². The van der Waals surface area contributed by atoms with Crippen LogP contribution in [0.2, 0.25) is 0 Å². The molecule has 22 heavy (non-hydrogen) atoms. The van der Waals surface area contributed by atoms with Crippen molar-refractivity contribution in [2.24, 2.45) is 0 Å². The van der Waals surface area contributed by atoms with E-state index in [4.69, 9.17) is 9.15 Å². The first kappa shape index (κ1) is 15.5. The molecule has 0 bridgehead atoms. The Morgan fingerprint density at radius 1 is 1.27 bits per heavy atom. The van der Waals surface area contributed by atoms with Crippen molar-refractivity contribution in [2.75, 3.05) is 13.7 Å². The smallest absolute Gasteiger partial charge is 0.343 e. The summed E-state index contributed by atoms with van der Waals surface area (Å²) in [5, 5.41) is 0.621. The van der Waals surface area contributed by atoms with Crippen LogP contribution < -0.4 is 5.63 Å². The Morgan fingerprint density at radius 3 is 2.73 bits per heavy atom. The molecule has 1 aromatic heterocycles. The van der Waals surface area contributed by atoms with E-state index in [1.54, 1.807) is 25.1 Å². The van der Waals surface area contributed by atoms with Crippen molar-refractivity contribution in [1.29, 1.82) is 0 Å². The predicted octanol–water partition coefficient (Wildman–Crippen LogP) is 2.16. The molecule has 0 aliphatic rings. The van der Waals surface area contributed by atoms with E-state index in [0.717, 1.165) is 6.08 Å². The molecule has 1 heterocycles. The normalized spacial score (nSPS) is 10.8. The van der Waals surface area contributed by atoms with Crippen molar-refractivity contribution >= 4 is 29.0 Å². The van der Waals surface area contributed by atoms with E-state index in [1.807, 2.05) is 0 Å². The summed E-state index contributed by atoms with van der Waals surface area (Å²) in [6, 6.07) is 6.19. The van der Waals surface area contributed by atoms with Crippen LogP contribution in [0.1, 0.15) is 22.8 Å². The van der Waals surface area contributed by atoms with Gasteiger partial charge in [0.1, 0.15) is 5.58 Å². The summed E-state index contributed by atoms with van der Waals surface area (Å²) in [7, 11) is 1.27. The van der Waals surface area contributed by atoms with E-state index in [0.29, 0.717) is 5.39 Å². The van der Waals surface area contributed by atoms with Crippen molar-refractivity contribution < 1.29 is 23.5 Å². The molecule has 0 aliphatic heterocycles. The molecule has 114 valence electrons. The second kappa shape index (κ2) is 6.71. The molecule has 6 nitrogen and oxygen atoms in total. The van der Waals surface area contributed by atoms with Crippen LogP contribution >= 0.6 is 0 Å². The summed E-state index contributed by atoms with van der Waals surface area (Å²) < 4.78 is 14.5. The highest BCUT2D eigenvalue weighted by Crippen LogP contribution is 2.17. The predicted molar refractivity (Wildman–Crippen MR) is 79.5 cm³/mol. The summed E-state index contributed by atoms with van der Waals surface area (Å²) in [4.78, 5) is 34.6. The van der Waals surface area contributed by atoms with Gasteiger partial charge in [-0.2, -0.15) is 0 Å². The van der Waals surface area contributed by atoms with Gasteiger partial charge >= 0.3 is 17.6 Å². The van der Waals surface area contributed by atoms with Gasteiger partial charge in [0.2, 0.25) is 0 Å². The van der Waals surface area contributed by atoms with E-state index in [9.17, 15) is 14.4 Å². The fourth-order valence-corrected chi connectivity index (χ4v) is 1.84. The third kappa shape index (κ3) is 3.41. The number of ether oxygens (including phenoxy) is 2. The van der Waals surface area contributed by atoms with Crippen LogP contribution in [0.5, 0.6) is 0 Å². The maximum atomic E-state index is 11.9. The highest BCUT2D eigenvalue weighted by molar-refractivity contribution is 5.94. The molecule has 0 amide bonds. The molecular weight excluding hydrogens is 288 g/mol. The second-order valence-electron chi connectivity index (χ2n) is 4.32. The van der Waals surface area contributed by atoms with E-state index in [2.05, 4.69) is 4.74 Å². The monoisotopic (exact) mass is 302 g/mol. The Bertz CT molecular complexity index is 800. The molecule has 0 fully saturated rings.